The van der Waals surface area contributed by atoms with Crippen molar-refractivity contribution in [2.75, 3.05) is 13.2 Å². The molecule has 17 heavy (non-hydrogen) atoms. The number of esters is 2. The van der Waals surface area contributed by atoms with Crippen LogP contribution in [0, 0.1) is 0 Å². The number of aliphatic hydroxyl groups excluding tert-OH is 1. The van der Waals surface area contributed by atoms with Crippen LogP contribution in [0.1, 0.15) is 19.8 Å². The molecule has 0 bridgehead atoms. The lowest BCUT2D eigenvalue weighted by Gasteiger charge is -2.16. The number of carbonyl (C=O) groups excluding carboxylic acids is 2. The van der Waals surface area contributed by atoms with Gasteiger partial charge in [0.2, 0.25) is 0 Å². The maximum atomic E-state index is 11.4. The van der Waals surface area contributed by atoms with E-state index >= 15 is 0 Å². The van der Waals surface area contributed by atoms with Crippen LogP contribution in [-0.2, 0) is 19.1 Å². The smallest absolute Gasteiger partial charge is 0.333 e. The number of hydrogen-bond donors (Lipinski definition) is 1. The highest BCUT2D eigenvalue weighted by molar-refractivity contribution is 5.87. The Hall–Kier alpha value is -1.62. The molecule has 0 saturated carbocycles. The van der Waals surface area contributed by atoms with E-state index in [-0.39, 0.29) is 25.2 Å². The maximum absolute atomic E-state index is 11.4. The molecule has 0 aromatic heterocycles. The Morgan fingerprint density at radius 1 is 1.47 bits per heavy atom. The summed E-state index contributed by atoms with van der Waals surface area (Å²) in [5, 5.41) is 8.64. The van der Waals surface area contributed by atoms with E-state index in [1.54, 1.807) is 6.92 Å². The molecule has 5 nitrogen and oxygen atoms in total. The van der Waals surface area contributed by atoms with Gasteiger partial charge in [0.05, 0.1) is 0 Å². The highest BCUT2D eigenvalue weighted by Gasteiger charge is 2.16. The molecule has 0 aliphatic heterocycles. The van der Waals surface area contributed by atoms with Crippen LogP contribution in [0.5, 0.6) is 0 Å². The molecule has 0 radical (unpaired) electrons. The van der Waals surface area contributed by atoms with Crippen LogP contribution in [0.3, 0.4) is 0 Å². The minimum Gasteiger partial charge on any atom is -0.459 e. The predicted octanol–water partition coefficient (Wildman–Crippen LogP) is 0.976. The molecule has 0 rings (SSSR count). The summed E-state index contributed by atoms with van der Waals surface area (Å²) in [5.41, 5.74) is 0.195. The molecule has 1 unspecified atom stereocenters. The van der Waals surface area contributed by atoms with Crippen LogP contribution in [0.4, 0.5) is 0 Å². The third kappa shape index (κ3) is 6.52. The summed E-state index contributed by atoms with van der Waals surface area (Å²) in [6.07, 6.45) is 1.21. The van der Waals surface area contributed by atoms with Gasteiger partial charge in [-0.05, 0) is 6.42 Å². The first kappa shape index (κ1) is 15.4. The van der Waals surface area contributed by atoms with Gasteiger partial charge in [0.15, 0.2) is 0 Å². The van der Waals surface area contributed by atoms with Gasteiger partial charge in [0.25, 0.3) is 0 Å². The van der Waals surface area contributed by atoms with Crippen molar-refractivity contribution in [1.29, 1.82) is 0 Å². The number of rotatable bonds is 8. The molecule has 5 heteroatoms. The fourth-order valence-corrected chi connectivity index (χ4v) is 0.941. The molecule has 0 aliphatic carbocycles. The van der Waals surface area contributed by atoms with Gasteiger partial charge in [-0.2, -0.15) is 0 Å². The Morgan fingerprint density at radius 2 is 2.12 bits per heavy atom. The quantitative estimate of drug-likeness (QED) is 0.507. The minimum absolute atomic E-state index is 0.0144. The molecule has 1 N–H and O–H groups in total. The van der Waals surface area contributed by atoms with E-state index in [2.05, 4.69) is 13.2 Å². The predicted molar refractivity (Wildman–Crippen MR) is 62.2 cm³/mol. The Balaban J connectivity index is 4.12. The zero-order valence-electron chi connectivity index (χ0n) is 9.98. The lowest BCUT2D eigenvalue weighted by atomic mass is 10.2. The van der Waals surface area contributed by atoms with Crippen LogP contribution < -0.4 is 0 Å². The highest BCUT2D eigenvalue weighted by atomic mass is 16.6. The van der Waals surface area contributed by atoms with Crippen molar-refractivity contribution in [1.82, 2.24) is 0 Å². The molecule has 0 amide bonds. The van der Waals surface area contributed by atoms with E-state index in [1.165, 1.54) is 0 Å². The Morgan fingerprint density at radius 3 is 2.59 bits per heavy atom. The summed E-state index contributed by atoms with van der Waals surface area (Å²) in [4.78, 5) is 22.2. The summed E-state index contributed by atoms with van der Waals surface area (Å²) in [6, 6.07) is 0. The minimum atomic E-state index is -0.583. The van der Waals surface area contributed by atoms with Crippen LogP contribution in [-0.4, -0.2) is 36.4 Å². The van der Waals surface area contributed by atoms with Gasteiger partial charge in [0.1, 0.15) is 12.7 Å². The maximum Gasteiger partial charge on any atom is 0.333 e. The molecule has 0 heterocycles. The molecular weight excluding hydrogens is 224 g/mol. The van der Waals surface area contributed by atoms with Crippen molar-refractivity contribution < 1.29 is 24.2 Å². The fourth-order valence-electron chi connectivity index (χ4n) is 0.941. The zero-order chi connectivity index (χ0) is 13.3. The number of carbonyl (C=O) groups is 2. The average Bonchev–Trinajstić information content (AvgIpc) is 2.33. The summed E-state index contributed by atoms with van der Waals surface area (Å²) in [5.74, 6) is -1.14. The van der Waals surface area contributed by atoms with Gasteiger partial charge in [-0.25, -0.2) is 9.59 Å². The van der Waals surface area contributed by atoms with Gasteiger partial charge >= 0.3 is 11.9 Å². The standard InChI is InChI=1S/C12H18O5/c1-4-10(8-16-11(14)5-2)17-12(15)9(3)6-7-13/h5,10,13H,2-4,6-8H2,1H3. The average molecular weight is 242 g/mol. The molecule has 0 aromatic carbocycles. The Bertz CT molecular complexity index is 295. The molecular formula is C12H18O5. The van der Waals surface area contributed by atoms with Crippen molar-refractivity contribution in [3.05, 3.63) is 24.8 Å². The first-order valence-electron chi connectivity index (χ1n) is 5.33. The lowest BCUT2D eigenvalue weighted by molar-refractivity contribution is -0.153. The van der Waals surface area contributed by atoms with Crippen molar-refractivity contribution in [2.45, 2.75) is 25.9 Å². The number of aliphatic hydroxyl groups is 1. The van der Waals surface area contributed by atoms with Crippen LogP contribution in [0.15, 0.2) is 24.8 Å². The number of hydrogen-bond acceptors (Lipinski definition) is 5. The van der Waals surface area contributed by atoms with E-state index in [1.807, 2.05) is 0 Å². The second kappa shape index (κ2) is 8.52. The first-order chi connectivity index (χ1) is 8.04. The summed E-state index contributed by atoms with van der Waals surface area (Å²) >= 11 is 0. The van der Waals surface area contributed by atoms with E-state index in [0.29, 0.717) is 6.42 Å². The molecule has 0 aromatic rings. The van der Waals surface area contributed by atoms with Crippen LogP contribution in [0.25, 0.3) is 0 Å². The molecule has 0 spiro atoms. The van der Waals surface area contributed by atoms with E-state index in [9.17, 15) is 9.59 Å². The SMILES string of the molecule is C=CC(=O)OCC(CC)OC(=O)C(=C)CCO. The second-order valence-electron chi connectivity index (χ2n) is 3.35. The van der Waals surface area contributed by atoms with Gasteiger partial charge < -0.3 is 14.6 Å². The van der Waals surface area contributed by atoms with Crippen molar-refractivity contribution in [3.8, 4) is 0 Å². The molecule has 1 atom stereocenters. The Labute approximate surface area is 101 Å². The number of ether oxygens (including phenoxy) is 2. The summed E-state index contributed by atoms with van der Waals surface area (Å²) in [7, 11) is 0. The van der Waals surface area contributed by atoms with Crippen molar-refractivity contribution in [2.24, 2.45) is 0 Å². The van der Waals surface area contributed by atoms with E-state index in [0.717, 1.165) is 6.08 Å². The molecule has 0 aliphatic rings. The highest BCUT2D eigenvalue weighted by Crippen LogP contribution is 2.06. The topological polar surface area (TPSA) is 72.8 Å². The van der Waals surface area contributed by atoms with Crippen molar-refractivity contribution >= 4 is 11.9 Å². The molecule has 0 fully saturated rings. The van der Waals surface area contributed by atoms with Gasteiger partial charge in [0, 0.05) is 24.7 Å². The van der Waals surface area contributed by atoms with Crippen molar-refractivity contribution in [3.63, 3.8) is 0 Å². The van der Waals surface area contributed by atoms with E-state index in [4.69, 9.17) is 14.6 Å². The van der Waals surface area contributed by atoms with Gasteiger partial charge in [-0.15, -0.1) is 0 Å². The first-order valence-corrected chi connectivity index (χ1v) is 5.33. The monoisotopic (exact) mass is 242 g/mol. The Kier molecular flexibility index (Phi) is 7.71. The second-order valence-corrected chi connectivity index (χ2v) is 3.35. The van der Waals surface area contributed by atoms with Gasteiger partial charge in [-0.3, -0.25) is 0 Å². The largest absolute Gasteiger partial charge is 0.459 e. The summed E-state index contributed by atoms with van der Waals surface area (Å²) < 4.78 is 9.82. The van der Waals surface area contributed by atoms with Crippen LogP contribution >= 0.6 is 0 Å². The van der Waals surface area contributed by atoms with Crippen LogP contribution in [0.2, 0.25) is 0 Å². The normalized spacial score (nSPS) is 11.4. The third-order valence-corrected chi connectivity index (χ3v) is 2.01. The lowest BCUT2D eigenvalue weighted by Crippen LogP contribution is -2.25. The summed E-state index contributed by atoms with van der Waals surface area (Å²) in [6.45, 7) is 8.37. The molecule has 0 saturated heterocycles. The molecule has 96 valence electrons. The third-order valence-electron chi connectivity index (χ3n) is 2.01. The van der Waals surface area contributed by atoms with E-state index < -0.39 is 18.0 Å². The zero-order valence-corrected chi connectivity index (χ0v) is 9.98. The fraction of sp³-hybridized carbons (Fsp3) is 0.500. The van der Waals surface area contributed by atoms with Gasteiger partial charge in [-0.1, -0.05) is 20.1 Å².